The Hall–Kier alpha value is -1.03. The van der Waals surface area contributed by atoms with Gasteiger partial charge in [-0.2, -0.15) is 11.8 Å². The van der Waals surface area contributed by atoms with Gasteiger partial charge in [-0.15, -0.1) is 0 Å². The van der Waals surface area contributed by atoms with Crippen LogP contribution in [-0.4, -0.2) is 31.3 Å². The Morgan fingerprint density at radius 2 is 2.11 bits per heavy atom. The maximum Gasteiger partial charge on any atom is 0.142 e. The van der Waals surface area contributed by atoms with Gasteiger partial charge >= 0.3 is 0 Å². The summed E-state index contributed by atoms with van der Waals surface area (Å²) in [5, 5.41) is 3.52. The lowest BCUT2D eigenvalue weighted by atomic mass is 10.1. The van der Waals surface area contributed by atoms with E-state index < -0.39 is 0 Å². The highest BCUT2D eigenvalue weighted by atomic mass is 32.2. The van der Waals surface area contributed by atoms with E-state index in [2.05, 4.69) is 5.32 Å². The van der Waals surface area contributed by atoms with Crippen LogP contribution in [0.1, 0.15) is 20.3 Å². The molecule has 0 bridgehead atoms. The highest BCUT2D eigenvalue weighted by Gasteiger charge is 2.16. The first-order chi connectivity index (χ1) is 9.33. The normalized spacial score (nSPS) is 18.3. The van der Waals surface area contributed by atoms with E-state index in [1.165, 1.54) is 17.9 Å². The third-order valence-electron chi connectivity index (χ3n) is 3.17. The van der Waals surface area contributed by atoms with E-state index in [1.54, 1.807) is 0 Å². The van der Waals surface area contributed by atoms with Gasteiger partial charge in [0.1, 0.15) is 11.5 Å². The van der Waals surface area contributed by atoms with Crippen molar-refractivity contribution in [1.82, 2.24) is 0 Å². The van der Waals surface area contributed by atoms with Crippen LogP contribution in [0.2, 0.25) is 0 Å². The number of thioether (sulfide) groups is 1. The lowest BCUT2D eigenvalue weighted by molar-refractivity contribution is 0.331. The van der Waals surface area contributed by atoms with Crippen molar-refractivity contribution in [3.05, 3.63) is 18.2 Å². The zero-order chi connectivity index (χ0) is 13.5. The molecule has 1 aliphatic heterocycles. The first-order valence-corrected chi connectivity index (χ1v) is 8.20. The predicted molar refractivity (Wildman–Crippen MR) is 82.7 cm³/mol. The van der Waals surface area contributed by atoms with Crippen LogP contribution in [0.5, 0.6) is 11.5 Å². The topological polar surface area (TPSA) is 30.5 Å². The summed E-state index contributed by atoms with van der Waals surface area (Å²) in [4.78, 5) is 0. The number of anilines is 1. The molecule has 0 amide bonds. The minimum absolute atomic E-state index is 0.682. The average Bonchev–Trinajstić information content (AvgIpc) is 2.92. The summed E-state index contributed by atoms with van der Waals surface area (Å²) in [5.74, 6) is 5.15. The number of nitrogens with one attached hydrogen (secondary N) is 1. The summed E-state index contributed by atoms with van der Waals surface area (Å²) in [6.07, 6.45) is 1.31. The molecule has 4 heteroatoms. The van der Waals surface area contributed by atoms with Gasteiger partial charge in [-0.3, -0.25) is 0 Å². The van der Waals surface area contributed by atoms with Crippen LogP contribution in [0.4, 0.5) is 5.69 Å². The van der Waals surface area contributed by atoms with Crippen molar-refractivity contribution >= 4 is 17.4 Å². The number of benzene rings is 1. The van der Waals surface area contributed by atoms with Crippen LogP contribution >= 0.6 is 11.8 Å². The third kappa shape index (κ3) is 4.23. The molecule has 0 spiro atoms. The molecule has 2 rings (SSSR count). The molecule has 0 saturated carbocycles. The zero-order valence-electron chi connectivity index (χ0n) is 11.8. The Kier molecular flexibility index (Phi) is 5.70. The van der Waals surface area contributed by atoms with Gasteiger partial charge in [0.25, 0.3) is 0 Å². The van der Waals surface area contributed by atoms with E-state index in [-0.39, 0.29) is 0 Å². The Morgan fingerprint density at radius 3 is 2.79 bits per heavy atom. The summed E-state index contributed by atoms with van der Waals surface area (Å²) >= 11 is 2.05. The fourth-order valence-corrected chi connectivity index (χ4v) is 3.47. The second-order valence-electron chi connectivity index (χ2n) is 4.63. The van der Waals surface area contributed by atoms with Crippen molar-refractivity contribution in [3.8, 4) is 11.5 Å². The quantitative estimate of drug-likeness (QED) is 0.826. The van der Waals surface area contributed by atoms with Gasteiger partial charge in [0.15, 0.2) is 0 Å². The Balaban J connectivity index is 2.02. The highest BCUT2D eigenvalue weighted by molar-refractivity contribution is 7.99. The molecule has 1 aromatic rings. The average molecular weight is 281 g/mol. The summed E-state index contributed by atoms with van der Waals surface area (Å²) < 4.78 is 11.2. The molecular formula is C15H23NO2S. The highest BCUT2D eigenvalue weighted by Crippen LogP contribution is 2.31. The molecule has 0 aromatic heterocycles. The predicted octanol–water partition coefficient (Wildman–Crippen LogP) is 3.65. The van der Waals surface area contributed by atoms with Crippen molar-refractivity contribution in [1.29, 1.82) is 0 Å². The third-order valence-corrected chi connectivity index (χ3v) is 4.40. The Morgan fingerprint density at radius 1 is 1.26 bits per heavy atom. The van der Waals surface area contributed by atoms with Gasteiger partial charge in [-0.25, -0.2) is 0 Å². The number of hydrogen-bond donors (Lipinski definition) is 1. The largest absolute Gasteiger partial charge is 0.494 e. The van der Waals surface area contributed by atoms with Gasteiger partial charge < -0.3 is 14.8 Å². The molecule has 1 atom stereocenters. The van der Waals surface area contributed by atoms with Crippen molar-refractivity contribution in [2.75, 3.05) is 36.6 Å². The lowest BCUT2D eigenvalue weighted by Gasteiger charge is -2.16. The van der Waals surface area contributed by atoms with Crippen LogP contribution in [0, 0.1) is 5.92 Å². The monoisotopic (exact) mass is 281 g/mol. The molecule has 19 heavy (non-hydrogen) atoms. The molecule has 106 valence electrons. The van der Waals surface area contributed by atoms with Gasteiger partial charge in [-0.05, 0) is 49.8 Å². The Labute approximate surface area is 120 Å². The van der Waals surface area contributed by atoms with E-state index in [0.29, 0.717) is 13.2 Å². The van der Waals surface area contributed by atoms with Gasteiger partial charge in [0, 0.05) is 12.6 Å². The summed E-state index contributed by atoms with van der Waals surface area (Å²) in [7, 11) is 0. The fourth-order valence-electron chi connectivity index (χ4n) is 2.18. The molecular weight excluding hydrogens is 258 g/mol. The smallest absolute Gasteiger partial charge is 0.142 e. The minimum Gasteiger partial charge on any atom is -0.494 e. The molecule has 1 fully saturated rings. The summed E-state index contributed by atoms with van der Waals surface area (Å²) in [6.45, 7) is 6.39. The molecule has 0 aliphatic carbocycles. The maximum absolute atomic E-state index is 5.66. The summed E-state index contributed by atoms with van der Waals surface area (Å²) in [6, 6.07) is 5.99. The lowest BCUT2D eigenvalue weighted by Crippen LogP contribution is -2.14. The van der Waals surface area contributed by atoms with Crippen molar-refractivity contribution in [2.24, 2.45) is 5.92 Å². The van der Waals surface area contributed by atoms with Crippen LogP contribution in [0.3, 0.4) is 0 Å². The van der Waals surface area contributed by atoms with Crippen molar-refractivity contribution in [2.45, 2.75) is 20.3 Å². The SMILES string of the molecule is CCOc1ccc(OCC)c(NCC2CCSC2)c1. The second-order valence-corrected chi connectivity index (χ2v) is 5.78. The Bertz CT molecular complexity index is 392. The van der Waals surface area contributed by atoms with Crippen molar-refractivity contribution < 1.29 is 9.47 Å². The second kappa shape index (κ2) is 7.53. The zero-order valence-corrected chi connectivity index (χ0v) is 12.6. The van der Waals surface area contributed by atoms with Gasteiger partial charge in [0.05, 0.1) is 18.9 Å². The molecule has 1 saturated heterocycles. The molecule has 1 N–H and O–H groups in total. The van der Waals surface area contributed by atoms with Gasteiger partial charge in [0.2, 0.25) is 0 Å². The van der Waals surface area contributed by atoms with E-state index in [1.807, 2.05) is 43.8 Å². The first kappa shape index (κ1) is 14.4. The van der Waals surface area contributed by atoms with Crippen LogP contribution in [0.15, 0.2) is 18.2 Å². The number of rotatable bonds is 7. The fraction of sp³-hybridized carbons (Fsp3) is 0.600. The minimum atomic E-state index is 0.682. The van der Waals surface area contributed by atoms with Crippen molar-refractivity contribution in [3.63, 3.8) is 0 Å². The van der Waals surface area contributed by atoms with Crippen LogP contribution < -0.4 is 14.8 Å². The molecule has 1 unspecified atom stereocenters. The number of ether oxygens (including phenoxy) is 2. The van der Waals surface area contributed by atoms with Crippen LogP contribution in [-0.2, 0) is 0 Å². The van der Waals surface area contributed by atoms with E-state index in [0.717, 1.165) is 29.6 Å². The summed E-state index contributed by atoms with van der Waals surface area (Å²) in [5.41, 5.74) is 1.05. The molecule has 0 radical (unpaired) electrons. The molecule has 1 aromatic carbocycles. The molecule has 1 aliphatic rings. The number of hydrogen-bond acceptors (Lipinski definition) is 4. The van der Waals surface area contributed by atoms with Gasteiger partial charge in [-0.1, -0.05) is 0 Å². The van der Waals surface area contributed by atoms with Crippen LogP contribution in [0.25, 0.3) is 0 Å². The van der Waals surface area contributed by atoms with E-state index >= 15 is 0 Å². The molecule has 3 nitrogen and oxygen atoms in total. The maximum atomic E-state index is 5.66. The standard InChI is InChI=1S/C15H23NO2S/c1-3-17-13-5-6-15(18-4-2)14(9-13)16-10-12-7-8-19-11-12/h5-6,9,12,16H,3-4,7-8,10-11H2,1-2H3. The molecule has 1 heterocycles. The van der Waals surface area contributed by atoms with E-state index in [9.17, 15) is 0 Å². The van der Waals surface area contributed by atoms with E-state index in [4.69, 9.17) is 9.47 Å². The first-order valence-electron chi connectivity index (χ1n) is 7.04.